The van der Waals surface area contributed by atoms with Crippen LogP contribution in [-0.2, 0) is 27.9 Å². The Bertz CT molecular complexity index is 1240. The summed E-state index contributed by atoms with van der Waals surface area (Å²) in [6.07, 6.45) is 2.20. The molecule has 1 atom stereocenters. The molecule has 2 aromatic carbocycles. The SMILES string of the molecule is CCCn1nnc2cc(S(=O)(=O)N3CCC[C@@H](C(=O)NCc4ccc(OCC)cc4)C3)ccc21. The number of hydrogen-bond donors (Lipinski definition) is 1. The van der Waals surface area contributed by atoms with E-state index in [1.54, 1.807) is 22.9 Å². The maximum absolute atomic E-state index is 13.3. The van der Waals surface area contributed by atoms with Gasteiger partial charge in [-0.1, -0.05) is 24.3 Å². The van der Waals surface area contributed by atoms with Gasteiger partial charge in [-0.05, 0) is 62.1 Å². The summed E-state index contributed by atoms with van der Waals surface area (Å²) in [4.78, 5) is 13.0. The van der Waals surface area contributed by atoms with Gasteiger partial charge in [-0.3, -0.25) is 4.79 Å². The summed E-state index contributed by atoms with van der Waals surface area (Å²) in [6.45, 7) is 6.25. The van der Waals surface area contributed by atoms with Gasteiger partial charge in [0.25, 0.3) is 0 Å². The number of piperidine rings is 1. The highest BCUT2D eigenvalue weighted by molar-refractivity contribution is 7.89. The summed E-state index contributed by atoms with van der Waals surface area (Å²) in [6, 6.07) is 12.5. The van der Waals surface area contributed by atoms with E-state index in [-0.39, 0.29) is 23.3 Å². The number of nitrogens with zero attached hydrogens (tertiary/aromatic N) is 4. The van der Waals surface area contributed by atoms with E-state index in [9.17, 15) is 13.2 Å². The van der Waals surface area contributed by atoms with E-state index < -0.39 is 10.0 Å². The minimum Gasteiger partial charge on any atom is -0.494 e. The van der Waals surface area contributed by atoms with Crippen LogP contribution in [0.2, 0.25) is 0 Å². The van der Waals surface area contributed by atoms with Gasteiger partial charge in [0.2, 0.25) is 15.9 Å². The molecule has 3 aromatic rings. The maximum Gasteiger partial charge on any atom is 0.243 e. The van der Waals surface area contributed by atoms with Crippen molar-refractivity contribution in [3.63, 3.8) is 0 Å². The number of hydrogen-bond acceptors (Lipinski definition) is 6. The van der Waals surface area contributed by atoms with Gasteiger partial charge in [-0.15, -0.1) is 5.10 Å². The zero-order valence-corrected chi connectivity index (χ0v) is 20.4. The van der Waals surface area contributed by atoms with Crippen LogP contribution in [0.4, 0.5) is 0 Å². The Kier molecular flexibility index (Phi) is 7.47. The molecule has 1 fully saturated rings. The lowest BCUT2D eigenvalue weighted by Crippen LogP contribution is -2.45. The fourth-order valence-electron chi connectivity index (χ4n) is 4.22. The predicted molar refractivity (Wildman–Crippen MR) is 129 cm³/mol. The minimum atomic E-state index is -3.74. The first-order chi connectivity index (χ1) is 16.4. The highest BCUT2D eigenvalue weighted by Crippen LogP contribution is 2.26. The van der Waals surface area contributed by atoms with E-state index in [0.717, 1.165) is 29.8 Å². The first kappa shape index (κ1) is 24.2. The van der Waals surface area contributed by atoms with Crippen molar-refractivity contribution in [2.75, 3.05) is 19.7 Å². The number of nitrogens with one attached hydrogen (secondary N) is 1. The molecule has 1 saturated heterocycles. The molecule has 0 spiro atoms. The number of aromatic nitrogens is 3. The van der Waals surface area contributed by atoms with Gasteiger partial charge >= 0.3 is 0 Å². The Hall–Kier alpha value is -2.98. The molecule has 182 valence electrons. The van der Waals surface area contributed by atoms with E-state index in [1.165, 1.54) is 4.31 Å². The monoisotopic (exact) mass is 485 g/mol. The summed E-state index contributed by atoms with van der Waals surface area (Å²) in [7, 11) is -3.74. The van der Waals surface area contributed by atoms with Crippen molar-refractivity contribution < 1.29 is 17.9 Å². The van der Waals surface area contributed by atoms with Crippen LogP contribution in [0, 0.1) is 5.92 Å². The van der Waals surface area contributed by atoms with Crippen LogP contribution in [-0.4, -0.2) is 53.3 Å². The van der Waals surface area contributed by atoms with E-state index in [4.69, 9.17) is 4.74 Å². The molecule has 1 amide bonds. The molecule has 4 rings (SSSR count). The number of amides is 1. The number of carbonyl (C=O) groups excluding carboxylic acids is 1. The Labute approximate surface area is 200 Å². The van der Waals surface area contributed by atoms with Gasteiger partial charge < -0.3 is 10.1 Å². The van der Waals surface area contributed by atoms with Gasteiger partial charge in [-0.2, -0.15) is 4.31 Å². The highest BCUT2D eigenvalue weighted by Gasteiger charge is 2.33. The fraction of sp³-hybridized carbons (Fsp3) is 0.458. The topological polar surface area (TPSA) is 106 Å². The van der Waals surface area contributed by atoms with Crippen molar-refractivity contribution in [1.29, 1.82) is 0 Å². The standard InChI is InChI=1S/C24H31N5O4S/c1-3-13-29-23-12-11-21(15-22(23)26-27-29)34(31,32)28-14-5-6-19(17-28)24(30)25-16-18-7-9-20(10-8-18)33-4-2/h7-12,15,19H,3-6,13-14,16-17H2,1-2H3,(H,25,30)/t19-/m1/s1. The molecule has 0 bridgehead atoms. The molecule has 0 unspecified atom stereocenters. The molecule has 0 aliphatic carbocycles. The smallest absolute Gasteiger partial charge is 0.243 e. The zero-order chi connectivity index (χ0) is 24.1. The minimum absolute atomic E-state index is 0.133. The summed E-state index contributed by atoms with van der Waals surface area (Å²) < 4.78 is 35.3. The van der Waals surface area contributed by atoms with Gasteiger partial charge in [-0.25, -0.2) is 13.1 Å². The average Bonchev–Trinajstić information content (AvgIpc) is 3.26. The molecule has 0 saturated carbocycles. The summed E-state index contributed by atoms with van der Waals surface area (Å²) in [5, 5.41) is 11.2. The molecular weight excluding hydrogens is 454 g/mol. The second kappa shape index (κ2) is 10.5. The van der Waals surface area contributed by atoms with E-state index in [2.05, 4.69) is 15.6 Å². The number of aryl methyl sites for hydroxylation is 1. The van der Waals surface area contributed by atoms with Gasteiger partial charge in [0.15, 0.2) is 0 Å². The van der Waals surface area contributed by atoms with E-state index >= 15 is 0 Å². The first-order valence-corrected chi connectivity index (χ1v) is 13.2. The number of benzene rings is 2. The van der Waals surface area contributed by atoms with Crippen LogP contribution in [0.3, 0.4) is 0 Å². The first-order valence-electron chi connectivity index (χ1n) is 11.7. The molecule has 34 heavy (non-hydrogen) atoms. The number of carbonyl (C=O) groups is 1. The Balaban J connectivity index is 1.41. The highest BCUT2D eigenvalue weighted by atomic mass is 32.2. The molecule has 0 radical (unpaired) electrons. The lowest BCUT2D eigenvalue weighted by atomic mass is 9.99. The zero-order valence-electron chi connectivity index (χ0n) is 19.6. The van der Waals surface area contributed by atoms with Crippen LogP contribution in [0.1, 0.15) is 38.7 Å². The van der Waals surface area contributed by atoms with Crippen LogP contribution < -0.4 is 10.1 Å². The van der Waals surface area contributed by atoms with Gasteiger partial charge in [0, 0.05) is 26.2 Å². The molecular formula is C24H31N5O4S. The summed E-state index contributed by atoms with van der Waals surface area (Å²) in [5.41, 5.74) is 2.32. The van der Waals surface area contributed by atoms with Crippen LogP contribution in [0.5, 0.6) is 5.75 Å². The second-order valence-electron chi connectivity index (χ2n) is 8.46. The molecule has 2 heterocycles. The number of fused-ring (bicyclic) bond motifs is 1. The van der Waals surface area contributed by atoms with Crippen molar-refractivity contribution in [3.8, 4) is 5.75 Å². The van der Waals surface area contributed by atoms with Gasteiger partial charge in [0.05, 0.1) is 22.9 Å². The van der Waals surface area contributed by atoms with Crippen molar-refractivity contribution in [2.24, 2.45) is 5.92 Å². The Morgan fingerprint density at radius 3 is 2.71 bits per heavy atom. The van der Waals surface area contributed by atoms with Crippen LogP contribution in [0.15, 0.2) is 47.4 Å². The number of rotatable bonds is 9. The third-order valence-electron chi connectivity index (χ3n) is 6.01. The van der Waals surface area contributed by atoms with Crippen molar-refractivity contribution in [2.45, 2.75) is 51.1 Å². The second-order valence-corrected chi connectivity index (χ2v) is 10.4. The molecule has 1 aliphatic heterocycles. The van der Waals surface area contributed by atoms with Gasteiger partial charge in [0.1, 0.15) is 11.3 Å². The Morgan fingerprint density at radius 2 is 1.97 bits per heavy atom. The van der Waals surface area contributed by atoms with E-state index in [1.807, 2.05) is 38.1 Å². The molecule has 1 N–H and O–H groups in total. The molecule has 10 heteroatoms. The summed E-state index contributed by atoms with van der Waals surface area (Å²) >= 11 is 0. The Morgan fingerprint density at radius 1 is 1.18 bits per heavy atom. The lowest BCUT2D eigenvalue weighted by molar-refractivity contribution is -0.126. The fourth-order valence-corrected chi connectivity index (χ4v) is 5.76. The van der Waals surface area contributed by atoms with Crippen LogP contribution in [0.25, 0.3) is 11.0 Å². The average molecular weight is 486 g/mol. The van der Waals surface area contributed by atoms with Crippen molar-refractivity contribution >= 4 is 27.0 Å². The van der Waals surface area contributed by atoms with Crippen molar-refractivity contribution in [1.82, 2.24) is 24.6 Å². The third-order valence-corrected chi connectivity index (χ3v) is 7.88. The number of sulfonamides is 1. The molecule has 1 aromatic heterocycles. The molecule has 9 nitrogen and oxygen atoms in total. The maximum atomic E-state index is 13.3. The number of ether oxygens (including phenoxy) is 1. The quantitative estimate of drug-likeness (QED) is 0.499. The van der Waals surface area contributed by atoms with Crippen molar-refractivity contribution in [3.05, 3.63) is 48.0 Å². The van der Waals surface area contributed by atoms with E-state index in [0.29, 0.717) is 38.1 Å². The molecule has 1 aliphatic rings. The largest absolute Gasteiger partial charge is 0.494 e. The third kappa shape index (κ3) is 5.23. The summed E-state index contributed by atoms with van der Waals surface area (Å²) in [5.74, 6) is 0.268. The normalized spacial score (nSPS) is 17.1. The predicted octanol–water partition coefficient (Wildman–Crippen LogP) is 2.96. The lowest BCUT2D eigenvalue weighted by Gasteiger charge is -2.31. The van der Waals surface area contributed by atoms with Crippen LogP contribution >= 0.6 is 0 Å².